The van der Waals surface area contributed by atoms with Crippen LogP contribution in [-0.4, -0.2) is 53.3 Å². The first-order valence-electron chi connectivity index (χ1n) is 10.2. The molecule has 0 saturated heterocycles. The van der Waals surface area contributed by atoms with Gasteiger partial charge in [-0.1, -0.05) is 5.16 Å². The second-order valence-corrected chi connectivity index (χ2v) is 8.19. The molecule has 0 atom stereocenters. The van der Waals surface area contributed by atoms with Crippen LogP contribution in [0, 0.1) is 6.92 Å². The number of nitrogens with zero attached hydrogens (tertiary/aromatic N) is 3. The SMILES string of the molecule is COC(=O)c1c(OCCc2ccsc2)cc(=O)n2c1CCN(C(=O)c1cc(C)on1)CC2. The Morgan fingerprint density at radius 2 is 2.09 bits per heavy atom. The average molecular weight is 458 g/mol. The molecule has 1 aliphatic heterocycles. The van der Waals surface area contributed by atoms with E-state index in [2.05, 4.69) is 5.16 Å². The van der Waals surface area contributed by atoms with E-state index in [0.29, 0.717) is 44.0 Å². The van der Waals surface area contributed by atoms with E-state index in [1.807, 2.05) is 16.8 Å². The molecule has 4 heterocycles. The molecule has 0 unspecified atom stereocenters. The van der Waals surface area contributed by atoms with Gasteiger partial charge < -0.3 is 23.5 Å². The predicted octanol–water partition coefficient (Wildman–Crippen LogP) is 2.31. The Labute approximate surface area is 188 Å². The van der Waals surface area contributed by atoms with Gasteiger partial charge in [0.25, 0.3) is 11.5 Å². The molecule has 3 aromatic heterocycles. The number of fused-ring (bicyclic) bond motifs is 1. The van der Waals surface area contributed by atoms with Gasteiger partial charge in [-0.05, 0) is 29.3 Å². The third kappa shape index (κ3) is 4.45. The number of carbonyl (C=O) groups excluding carboxylic acids is 2. The van der Waals surface area contributed by atoms with Gasteiger partial charge in [0.2, 0.25) is 0 Å². The van der Waals surface area contributed by atoms with Gasteiger partial charge in [-0.15, -0.1) is 0 Å². The lowest BCUT2D eigenvalue weighted by atomic mass is 10.1. The third-order valence-corrected chi connectivity index (χ3v) is 6.08. The van der Waals surface area contributed by atoms with E-state index in [9.17, 15) is 14.4 Å². The molecular formula is C22H23N3O6S. The highest BCUT2D eigenvalue weighted by Gasteiger charge is 2.28. The number of methoxy groups -OCH3 is 1. The molecule has 168 valence electrons. The van der Waals surface area contributed by atoms with Gasteiger partial charge in [0, 0.05) is 50.3 Å². The van der Waals surface area contributed by atoms with Crippen LogP contribution in [0.5, 0.6) is 5.75 Å². The number of amides is 1. The summed E-state index contributed by atoms with van der Waals surface area (Å²) in [4.78, 5) is 39.9. The summed E-state index contributed by atoms with van der Waals surface area (Å²) in [5.74, 6) is -0.115. The first kappa shape index (κ1) is 21.8. The quantitative estimate of drug-likeness (QED) is 0.523. The van der Waals surface area contributed by atoms with E-state index in [4.69, 9.17) is 14.0 Å². The Morgan fingerprint density at radius 3 is 2.78 bits per heavy atom. The average Bonchev–Trinajstić information content (AvgIpc) is 3.40. The fourth-order valence-corrected chi connectivity index (χ4v) is 4.43. The zero-order valence-electron chi connectivity index (χ0n) is 17.8. The Bertz CT molecular complexity index is 1180. The minimum absolute atomic E-state index is 0.204. The second kappa shape index (κ2) is 9.39. The van der Waals surface area contributed by atoms with Crippen LogP contribution >= 0.6 is 11.3 Å². The van der Waals surface area contributed by atoms with Gasteiger partial charge in [0.1, 0.15) is 17.1 Å². The summed E-state index contributed by atoms with van der Waals surface area (Å²) in [5, 5.41) is 7.80. The van der Waals surface area contributed by atoms with Crippen molar-refractivity contribution in [3.8, 4) is 5.75 Å². The van der Waals surface area contributed by atoms with E-state index in [1.54, 1.807) is 29.2 Å². The number of carbonyl (C=O) groups is 2. The first-order valence-corrected chi connectivity index (χ1v) is 11.1. The fraction of sp³-hybridized carbons (Fsp3) is 0.364. The van der Waals surface area contributed by atoms with Crippen LogP contribution in [0.4, 0.5) is 0 Å². The number of esters is 1. The van der Waals surface area contributed by atoms with Crippen LogP contribution in [0.1, 0.15) is 37.9 Å². The lowest BCUT2D eigenvalue weighted by Gasteiger charge is -2.18. The topological polar surface area (TPSA) is 104 Å². The summed E-state index contributed by atoms with van der Waals surface area (Å²) in [7, 11) is 1.29. The van der Waals surface area contributed by atoms with Crippen LogP contribution in [0.3, 0.4) is 0 Å². The zero-order chi connectivity index (χ0) is 22.7. The van der Waals surface area contributed by atoms with Crippen molar-refractivity contribution in [3.05, 3.63) is 67.6 Å². The van der Waals surface area contributed by atoms with Crippen LogP contribution < -0.4 is 10.3 Å². The number of hydrogen-bond acceptors (Lipinski definition) is 8. The van der Waals surface area contributed by atoms with Gasteiger partial charge >= 0.3 is 5.97 Å². The summed E-state index contributed by atoms with van der Waals surface area (Å²) in [6, 6.07) is 4.90. The number of aryl methyl sites for hydroxylation is 1. The minimum atomic E-state index is -0.578. The molecule has 1 amide bonds. The maximum Gasteiger partial charge on any atom is 0.343 e. The predicted molar refractivity (Wildman–Crippen MR) is 116 cm³/mol. The van der Waals surface area contributed by atoms with Gasteiger partial charge in [-0.2, -0.15) is 11.3 Å². The third-order valence-electron chi connectivity index (χ3n) is 5.35. The minimum Gasteiger partial charge on any atom is -0.492 e. The Hall–Kier alpha value is -3.40. The summed E-state index contributed by atoms with van der Waals surface area (Å²) < 4.78 is 17.4. The highest BCUT2D eigenvalue weighted by atomic mass is 32.1. The summed E-state index contributed by atoms with van der Waals surface area (Å²) >= 11 is 1.60. The number of hydrogen-bond donors (Lipinski definition) is 0. The van der Waals surface area contributed by atoms with Crippen molar-refractivity contribution in [2.24, 2.45) is 0 Å². The molecule has 0 spiro atoms. The van der Waals surface area contributed by atoms with Crippen molar-refractivity contribution in [1.82, 2.24) is 14.6 Å². The van der Waals surface area contributed by atoms with E-state index in [-0.39, 0.29) is 35.0 Å². The van der Waals surface area contributed by atoms with Crippen LogP contribution in [0.15, 0.2) is 38.3 Å². The molecule has 1 aliphatic rings. The van der Waals surface area contributed by atoms with E-state index >= 15 is 0 Å². The summed E-state index contributed by atoms with van der Waals surface area (Å²) in [6.07, 6.45) is 0.950. The largest absolute Gasteiger partial charge is 0.492 e. The number of ether oxygens (including phenoxy) is 2. The Kier molecular flexibility index (Phi) is 6.40. The zero-order valence-corrected chi connectivity index (χ0v) is 18.6. The van der Waals surface area contributed by atoms with Crippen LogP contribution in [0.2, 0.25) is 0 Å². The summed E-state index contributed by atoms with van der Waals surface area (Å²) in [6.45, 7) is 2.89. The lowest BCUT2D eigenvalue weighted by molar-refractivity contribution is 0.0593. The molecule has 0 aliphatic carbocycles. The summed E-state index contributed by atoms with van der Waals surface area (Å²) in [5.41, 5.74) is 1.78. The molecule has 9 nitrogen and oxygen atoms in total. The van der Waals surface area contributed by atoms with Gasteiger partial charge in [-0.3, -0.25) is 9.59 Å². The highest BCUT2D eigenvalue weighted by molar-refractivity contribution is 7.07. The molecule has 0 radical (unpaired) electrons. The monoisotopic (exact) mass is 457 g/mol. The smallest absolute Gasteiger partial charge is 0.343 e. The molecule has 3 aromatic rings. The molecule has 4 rings (SSSR count). The molecule has 0 bridgehead atoms. The van der Waals surface area contributed by atoms with Gasteiger partial charge in [-0.25, -0.2) is 4.79 Å². The number of pyridine rings is 1. The molecule has 32 heavy (non-hydrogen) atoms. The molecule has 0 fully saturated rings. The van der Waals surface area contributed by atoms with Gasteiger partial charge in [0.15, 0.2) is 5.69 Å². The molecule has 0 aromatic carbocycles. The standard InChI is InChI=1S/C22H23N3O6S/c1-14-11-16(23-31-14)21(27)24-6-3-17-20(22(28)29-2)18(12-19(26)25(17)8-7-24)30-9-4-15-5-10-32-13-15/h5,10-13H,3-4,6-9H2,1-2H3. The molecular weight excluding hydrogens is 434 g/mol. The van der Waals surface area contributed by atoms with Crippen molar-refractivity contribution in [1.29, 1.82) is 0 Å². The maximum atomic E-state index is 12.8. The Balaban J connectivity index is 1.60. The fourth-order valence-electron chi connectivity index (χ4n) is 3.73. The number of aromatic nitrogens is 2. The normalized spacial score (nSPS) is 13.4. The van der Waals surface area contributed by atoms with E-state index in [1.165, 1.54) is 17.7 Å². The number of thiophene rings is 1. The maximum absolute atomic E-state index is 12.8. The second-order valence-electron chi connectivity index (χ2n) is 7.41. The number of rotatable bonds is 6. The van der Waals surface area contributed by atoms with Crippen molar-refractivity contribution in [2.45, 2.75) is 26.3 Å². The van der Waals surface area contributed by atoms with Crippen molar-refractivity contribution in [2.75, 3.05) is 26.8 Å². The highest BCUT2D eigenvalue weighted by Crippen LogP contribution is 2.25. The molecule has 0 saturated carbocycles. The lowest BCUT2D eigenvalue weighted by Crippen LogP contribution is -2.34. The van der Waals surface area contributed by atoms with E-state index < -0.39 is 5.97 Å². The first-order chi connectivity index (χ1) is 15.5. The van der Waals surface area contributed by atoms with Gasteiger partial charge in [0.05, 0.1) is 13.7 Å². The van der Waals surface area contributed by atoms with Crippen molar-refractivity contribution < 1.29 is 23.6 Å². The van der Waals surface area contributed by atoms with Crippen molar-refractivity contribution in [3.63, 3.8) is 0 Å². The van der Waals surface area contributed by atoms with Crippen molar-refractivity contribution >= 4 is 23.2 Å². The molecule has 10 heteroatoms. The van der Waals surface area contributed by atoms with Crippen LogP contribution in [0.25, 0.3) is 0 Å². The molecule has 0 N–H and O–H groups in total. The Morgan fingerprint density at radius 1 is 1.25 bits per heavy atom. The van der Waals surface area contributed by atoms with E-state index in [0.717, 1.165) is 5.56 Å². The van der Waals surface area contributed by atoms with Crippen LogP contribution in [-0.2, 0) is 24.1 Å².